The van der Waals surface area contributed by atoms with Crippen molar-refractivity contribution in [3.8, 4) is 5.75 Å². The Bertz CT molecular complexity index is 327. The molecule has 90 valence electrons. The summed E-state index contributed by atoms with van der Waals surface area (Å²) in [7, 11) is -2.78. The van der Waals surface area contributed by atoms with Gasteiger partial charge in [-0.25, -0.2) is 4.39 Å². The Morgan fingerprint density at radius 2 is 1.50 bits per heavy atom. The fraction of sp³-hybridized carbons (Fsp3) is 0.500. The van der Waals surface area contributed by atoms with Crippen LogP contribution in [0, 0.1) is 5.82 Å². The molecule has 0 heterocycles. The topological polar surface area (TPSA) is 29.5 Å². The quantitative estimate of drug-likeness (QED) is 0.819. The van der Waals surface area contributed by atoms with Crippen LogP contribution in [0.15, 0.2) is 24.3 Å². The first-order valence-corrected chi connectivity index (χ1v) is 7.54. The largest absolute Gasteiger partial charge is 0.520 e. The average Bonchev–Trinajstić information content (AvgIpc) is 2.20. The number of benzene rings is 1. The van der Waals surface area contributed by atoms with Crippen molar-refractivity contribution in [3.05, 3.63) is 30.1 Å². The normalized spacial score (nSPS) is 12.2. The number of hydrogen-bond donors (Lipinski definition) is 1. The molecule has 0 aromatic heterocycles. The molecule has 0 aliphatic heterocycles. The van der Waals surface area contributed by atoms with Crippen molar-refractivity contribution >= 4 is 8.56 Å². The van der Waals surface area contributed by atoms with Crippen LogP contribution in [0.5, 0.6) is 5.75 Å². The Hall–Kier alpha value is -0.873. The van der Waals surface area contributed by atoms with E-state index in [1.54, 1.807) is 12.1 Å². The van der Waals surface area contributed by atoms with Gasteiger partial charge < -0.3 is 9.22 Å². The predicted molar refractivity (Wildman–Crippen MR) is 65.2 cm³/mol. The van der Waals surface area contributed by atoms with Crippen molar-refractivity contribution in [1.82, 2.24) is 0 Å². The molecule has 0 spiro atoms. The van der Waals surface area contributed by atoms with Crippen LogP contribution in [0.2, 0.25) is 11.1 Å². The predicted octanol–water partition coefficient (Wildman–Crippen LogP) is 3.46. The van der Waals surface area contributed by atoms with Crippen molar-refractivity contribution in [3.63, 3.8) is 0 Å². The molecule has 4 heteroatoms. The van der Waals surface area contributed by atoms with Crippen LogP contribution in [-0.4, -0.2) is 13.4 Å². The fourth-order valence-corrected chi connectivity index (χ4v) is 3.91. The maximum Gasteiger partial charge on any atom is 0.401 e. The molecule has 1 N–H and O–H groups in total. The van der Waals surface area contributed by atoms with Crippen LogP contribution in [0.3, 0.4) is 0 Å². The van der Waals surface area contributed by atoms with Gasteiger partial charge in [-0.05, 0) is 24.3 Å². The van der Waals surface area contributed by atoms with Gasteiger partial charge in [0.05, 0.1) is 0 Å². The van der Waals surface area contributed by atoms with E-state index in [4.69, 9.17) is 4.43 Å². The molecule has 1 rings (SSSR count). The van der Waals surface area contributed by atoms with Gasteiger partial charge in [-0.2, -0.15) is 0 Å². The zero-order valence-electron chi connectivity index (χ0n) is 10.2. The molecule has 0 amide bonds. The van der Waals surface area contributed by atoms with E-state index in [9.17, 15) is 9.19 Å². The Morgan fingerprint density at radius 3 is 1.88 bits per heavy atom. The average molecular weight is 242 g/mol. The summed E-state index contributed by atoms with van der Waals surface area (Å²) >= 11 is 0. The minimum atomic E-state index is -2.78. The summed E-state index contributed by atoms with van der Waals surface area (Å²) in [6, 6.07) is 5.78. The van der Waals surface area contributed by atoms with E-state index in [1.807, 2.05) is 27.7 Å². The summed E-state index contributed by atoms with van der Waals surface area (Å²) in [5.74, 6) is 0.240. The maximum atomic E-state index is 12.7. The first kappa shape index (κ1) is 13.2. The van der Waals surface area contributed by atoms with Gasteiger partial charge >= 0.3 is 8.56 Å². The molecule has 1 aromatic carbocycles. The van der Waals surface area contributed by atoms with Gasteiger partial charge in [0, 0.05) is 11.1 Å². The third kappa shape index (κ3) is 2.83. The van der Waals surface area contributed by atoms with E-state index in [-0.39, 0.29) is 16.9 Å². The zero-order chi connectivity index (χ0) is 12.3. The molecule has 0 bridgehead atoms. The van der Waals surface area contributed by atoms with Gasteiger partial charge in [-0.3, -0.25) is 0 Å². The third-order valence-corrected chi connectivity index (χ3v) is 6.62. The standard InChI is InChI=1S/C12H19FO2Si/c1-9(2)16(14,10(3)4)15-12-7-5-11(13)6-8-12/h5-10,14H,1-4H3. The highest BCUT2D eigenvalue weighted by molar-refractivity contribution is 6.69. The fourth-order valence-electron chi connectivity index (χ4n) is 1.59. The molecular formula is C12H19FO2Si. The highest BCUT2D eigenvalue weighted by atomic mass is 28.4. The lowest BCUT2D eigenvalue weighted by Gasteiger charge is -2.32. The molecular weight excluding hydrogens is 223 g/mol. The van der Waals surface area contributed by atoms with Crippen LogP contribution in [-0.2, 0) is 0 Å². The number of rotatable bonds is 4. The summed E-state index contributed by atoms with van der Waals surface area (Å²) in [5.41, 5.74) is 0.190. The molecule has 16 heavy (non-hydrogen) atoms. The van der Waals surface area contributed by atoms with Gasteiger partial charge in [0.25, 0.3) is 0 Å². The van der Waals surface area contributed by atoms with Crippen molar-refractivity contribution in [1.29, 1.82) is 0 Å². The first-order valence-electron chi connectivity index (χ1n) is 5.53. The highest BCUT2D eigenvalue weighted by Crippen LogP contribution is 2.32. The molecule has 1 aromatic rings. The summed E-state index contributed by atoms with van der Waals surface area (Å²) in [6.07, 6.45) is 0. The van der Waals surface area contributed by atoms with Gasteiger partial charge in [0.1, 0.15) is 11.6 Å². The second kappa shape index (κ2) is 4.97. The maximum absolute atomic E-state index is 12.7. The van der Waals surface area contributed by atoms with E-state index in [1.165, 1.54) is 12.1 Å². The summed E-state index contributed by atoms with van der Waals surface area (Å²) < 4.78 is 18.4. The number of halogens is 1. The molecule has 0 unspecified atom stereocenters. The van der Waals surface area contributed by atoms with Crippen LogP contribution in [0.25, 0.3) is 0 Å². The highest BCUT2D eigenvalue weighted by Gasteiger charge is 2.43. The smallest absolute Gasteiger partial charge is 0.401 e. The summed E-state index contributed by atoms with van der Waals surface area (Å²) in [6.45, 7) is 7.82. The van der Waals surface area contributed by atoms with E-state index < -0.39 is 8.56 Å². The minimum Gasteiger partial charge on any atom is -0.520 e. The van der Waals surface area contributed by atoms with Crippen LogP contribution in [0.1, 0.15) is 27.7 Å². The molecule has 0 atom stereocenters. The Balaban J connectivity index is 2.88. The molecule has 0 saturated heterocycles. The second-order valence-corrected chi connectivity index (χ2v) is 8.63. The molecule has 0 aliphatic carbocycles. The van der Waals surface area contributed by atoms with Crippen LogP contribution < -0.4 is 4.43 Å². The second-order valence-electron chi connectivity index (χ2n) is 4.62. The van der Waals surface area contributed by atoms with E-state index in [0.717, 1.165) is 0 Å². The SMILES string of the molecule is CC(C)[Si](O)(Oc1ccc(F)cc1)C(C)C. The number of hydrogen-bond acceptors (Lipinski definition) is 2. The Labute approximate surface area is 97.3 Å². The molecule has 0 radical (unpaired) electrons. The van der Waals surface area contributed by atoms with Crippen molar-refractivity contribution in [2.24, 2.45) is 0 Å². The van der Waals surface area contributed by atoms with Crippen molar-refractivity contribution in [2.45, 2.75) is 38.8 Å². The van der Waals surface area contributed by atoms with Crippen LogP contribution >= 0.6 is 0 Å². The summed E-state index contributed by atoms with van der Waals surface area (Å²) in [5, 5.41) is 0. The van der Waals surface area contributed by atoms with Gasteiger partial charge in [-0.15, -0.1) is 0 Å². The van der Waals surface area contributed by atoms with E-state index >= 15 is 0 Å². The molecule has 2 nitrogen and oxygen atoms in total. The lowest BCUT2D eigenvalue weighted by molar-refractivity contribution is 0.340. The van der Waals surface area contributed by atoms with Gasteiger partial charge in [0.15, 0.2) is 0 Å². The van der Waals surface area contributed by atoms with Crippen molar-refractivity contribution < 1.29 is 13.6 Å². The van der Waals surface area contributed by atoms with Gasteiger partial charge in [0.2, 0.25) is 0 Å². The first-order chi connectivity index (χ1) is 7.36. The van der Waals surface area contributed by atoms with E-state index in [2.05, 4.69) is 0 Å². The van der Waals surface area contributed by atoms with Crippen LogP contribution in [0.4, 0.5) is 4.39 Å². The Kier molecular flexibility index (Phi) is 4.10. The third-order valence-electron chi connectivity index (χ3n) is 2.75. The minimum absolute atomic E-state index is 0.0950. The lowest BCUT2D eigenvalue weighted by atomic mass is 10.3. The molecule has 0 saturated carbocycles. The van der Waals surface area contributed by atoms with Crippen molar-refractivity contribution in [2.75, 3.05) is 0 Å². The van der Waals surface area contributed by atoms with E-state index in [0.29, 0.717) is 5.75 Å². The summed E-state index contributed by atoms with van der Waals surface area (Å²) in [4.78, 5) is 10.5. The molecule has 0 fully saturated rings. The lowest BCUT2D eigenvalue weighted by Crippen LogP contribution is -2.48. The Morgan fingerprint density at radius 1 is 1.06 bits per heavy atom. The monoisotopic (exact) mass is 242 g/mol. The zero-order valence-corrected chi connectivity index (χ0v) is 11.2. The van der Waals surface area contributed by atoms with Gasteiger partial charge in [-0.1, -0.05) is 27.7 Å². The molecule has 0 aliphatic rings.